The highest BCUT2D eigenvalue weighted by Gasteiger charge is 2.37. The molecule has 0 amide bonds. The van der Waals surface area contributed by atoms with Crippen molar-refractivity contribution in [1.29, 1.82) is 0 Å². The molecular formula is C30H30O4. The van der Waals surface area contributed by atoms with E-state index in [4.69, 9.17) is 0 Å². The van der Waals surface area contributed by atoms with Crippen molar-refractivity contribution in [2.75, 3.05) is 0 Å². The molecule has 0 spiro atoms. The van der Waals surface area contributed by atoms with E-state index in [-0.39, 0.29) is 23.0 Å². The minimum Gasteiger partial charge on any atom is -0.508 e. The molecular weight excluding hydrogens is 424 g/mol. The van der Waals surface area contributed by atoms with Crippen molar-refractivity contribution in [3.8, 4) is 23.0 Å². The van der Waals surface area contributed by atoms with E-state index in [0.29, 0.717) is 5.92 Å². The molecule has 4 nitrogen and oxygen atoms in total. The molecule has 0 aliphatic carbocycles. The molecule has 0 heterocycles. The van der Waals surface area contributed by atoms with Crippen molar-refractivity contribution in [3.63, 3.8) is 0 Å². The first-order valence-corrected chi connectivity index (χ1v) is 11.5. The molecule has 4 aromatic carbocycles. The van der Waals surface area contributed by atoms with Gasteiger partial charge < -0.3 is 20.4 Å². The molecule has 4 rings (SSSR count). The van der Waals surface area contributed by atoms with E-state index in [0.717, 1.165) is 36.0 Å². The van der Waals surface area contributed by atoms with Crippen LogP contribution in [0.5, 0.6) is 23.0 Å². The Kier molecular flexibility index (Phi) is 6.78. The number of phenols is 4. The third kappa shape index (κ3) is 5.01. The molecule has 1 unspecified atom stereocenters. The average molecular weight is 455 g/mol. The van der Waals surface area contributed by atoms with Gasteiger partial charge in [-0.25, -0.2) is 0 Å². The van der Waals surface area contributed by atoms with E-state index >= 15 is 0 Å². The van der Waals surface area contributed by atoms with Crippen LogP contribution in [0, 0.1) is 5.92 Å². The largest absolute Gasteiger partial charge is 0.508 e. The maximum atomic E-state index is 9.96. The lowest BCUT2D eigenvalue weighted by Gasteiger charge is -2.38. The molecule has 0 radical (unpaired) electrons. The molecule has 34 heavy (non-hydrogen) atoms. The lowest BCUT2D eigenvalue weighted by Crippen LogP contribution is -2.32. The first-order valence-electron chi connectivity index (χ1n) is 11.5. The van der Waals surface area contributed by atoms with Gasteiger partial charge in [0.05, 0.1) is 0 Å². The summed E-state index contributed by atoms with van der Waals surface area (Å²) in [6.45, 7) is 2.23. The zero-order valence-electron chi connectivity index (χ0n) is 19.2. The van der Waals surface area contributed by atoms with Gasteiger partial charge in [-0.1, -0.05) is 55.5 Å². The number of hydrogen-bond donors (Lipinski definition) is 4. The second kappa shape index (κ2) is 9.92. The first kappa shape index (κ1) is 23.2. The van der Waals surface area contributed by atoms with Crippen LogP contribution >= 0.6 is 0 Å². The third-order valence-electron chi connectivity index (χ3n) is 6.60. The summed E-state index contributed by atoms with van der Waals surface area (Å²) in [6.07, 6.45) is 2.62. The van der Waals surface area contributed by atoms with Gasteiger partial charge in [-0.15, -0.1) is 0 Å². The summed E-state index contributed by atoms with van der Waals surface area (Å²) in [5.74, 6) is 1.19. The lowest BCUT2D eigenvalue weighted by atomic mass is 9.64. The molecule has 0 aromatic heterocycles. The third-order valence-corrected chi connectivity index (χ3v) is 6.60. The van der Waals surface area contributed by atoms with Crippen molar-refractivity contribution >= 4 is 0 Å². The fourth-order valence-corrected chi connectivity index (χ4v) is 4.79. The van der Waals surface area contributed by atoms with Gasteiger partial charge >= 0.3 is 0 Å². The second-order valence-electron chi connectivity index (χ2n) is 9.06. The van der Waals surface area contributed by atoms with Crippen molar-refractivity contribution in [1.82, 2.24) is 0 Å². The van der Waals surface area contributed by atoms with Gasteiger partial charge in [-0.05, 0) is 96.0 Å². The van der Waals surface area contributed by atoms with E-state index in [1.165, 1.54) is 5.56 Å². The van der Waals surface area contributed by atoms with E-state index in [1.807, 2.05) is 48.5 Å². The number of rotatable bonds is 8. The van der Waals surface area contributed by atoms with Crippen LogP contribution < -0.4 is 0 Å². The summed E-state index contributed by atoms with van der Waals surface area (Å²) in [7, 11) is 0. The summed E-state index contributed by atoms with van der Waals surface area (Å²) in [5.41, 5.74) is 3.70. The maximum absolute atomic E-state index is 9.96. The second-order valence-corrected chi connectivity index (χ2v) is 9.06. The number of aryl methyl sites for hydroxylation is 1. The van der Waals surface area contributed by atoms with Gasteiger partial charge in [0.15, 0.2) is 0 Å². The number of hydrogen-bond acceptors (Lipinski definition) is 4. The number of phenolic OH excluding ortho intramolecular Hbond substituents is 4. The van der Waals surface area contributed by atoms with Gasteiger partial charge in [-0.2, -0.15) is 0 Å². The van der Waals surface area contributed by atoms with E-state index in [2.05, 4.69) is 6.92 Å². The number of aromatic hydroxyl groups is 4. The first-order chi connectivity index (χ1) is 16.4. The minimum absolute atomic E-state index is 0.203. The van der Waals surface area contributed by atoms with Crippen LogP contribution in [0.1, 0.15) is 42.0 Å². The summed E-state index contributed by atoms with van der Waals surface area (Å²) >= 11 is 0. The summed E-state index contributed by atoms with van der Waals surface area (Å²) < 4.78 is 0. The van der Waals surface area contributed by atoms with Crippen molar-refractivity contribution in [2.24, 2.45) is 5.92 Å². The quantitative estimate of drug-likeness (QED) is 0.229. The van der Waals surface area contributed by atoms with Crippen LogP contribution in [0.3, 0.4) is 0 Å². The van der Waals surface area contributed by atoms with E-state index < -0.39 is 5.41 Å². The Morgan fingerprint density at radius 2 is 0.853 bits per heavy atom. The van der Waals surface area contributed by atoms with Crippen LogP contribution in [0.15, 0.2) is 97.1 Å². The van der Waals surface area contributed by atoms with Crippen LogP contribution in [0.25, 0.3) is 0 Å². The predicted octanol–water partition coefficient (Wildman–Crippen LogP) is 6.50. The Labute approximate surface area is 200 Å². The van der Waals surface area contributed by atoms with Crippen molar-refractivity contribution in [2.45, 2.75) is 31.6 Å². The highest BCUT2D eigenvalue weighted by atomic mass is 16.3. The molecule has 0 saturated heterocycles. The van der Waals surface area contributed by atoms with Crippen molar-refractivity contribution < 1.29 is 20.4 Å². The van der Waals surface area contributed by atoms with Crippen LogP contribution in [-0.2, 0) is 11.8 Å². The Hall–Kier alpha value is -3.92. The normalized spacial score (nSPS) is 12.4. The average Bonchev–Trinajstić information content (AvgIpc) is 2.84. The zero-order valence-corrected chi connectivity index (χ0v) is 19.2. The summed E-state index contributed by atoms with van der Waals surface area (Å²) in [5, 5.41) is 39.5. The summed E-state index contributed by atoms with van der Waals surface area (Å²) in [4.78, 5) is 0. The maximum Gasteiger partial charge on any atom is 0.115 e. The molecule has 174 valence electrons. The zero-order chi connectivity index (χ0) is 24.1. The van der Waals surface area contributed by atoms with Gasteiger partial charge in [0.2, 0.25) is 0 Å². The Morgan fingerprint density at radius 3 is 1.21 bits per heavy atom. The molecule has 1 atom stereocenters. The van der Waals surface area contributed by atoms with Crippen LogP contribution in [0.4, 0.5) is 0 Å². The molecule has 0 saturated carbocycles. The summed E-state index contributed by atoms with van der Waals surface area (Å²) in [6, 6.07) is 29.2. The van der Waals surface area contributed by atoms with Crippen LogP contribution in [-0.4, -0.2) is 20.4 Å². The highest BCUT2D eigenvalue weighted by Crippen LogP contribution is 2.46. The molecule has 4 N–H and O–H groups in total. The molecule has 0 fully saturated rings. The van der Waals surface area contributed by atoms with E-state index in [9.17, 15) is 20.4 Å². The highest BCUT2D eigenvalue weighted by molar-refractivity contribution is 5.53. The molecule has 0 bridgehead atoms. The molecule has 4 aromatic rings. The predicted molar refractivity (Wildman–Crippen MR) is 134 cm³/mol. The monoisotopic (exact) mass is 454 g/mol. The molecule has 0 aliphatic heterocycles. The molecule has 0 aliphatic rings. The van der Waals surface area contributed by atoms with Gasteiger partial charge in [0, 0.05) is 5.41 Å². The van der Waals surface area contributed by atoms with Crippen molar-refractivity contribution in [3.05, 3.63) is 119 Å². The Bertz CT molecular complexity index is 1080. The number of benzene rings is 4. The fourth-order valence-electron chi connectivity index (χ4n) is 4.79. The fraction of sp³-hybridized carbons (Fsp3) is 0.200. The van der Waals surface area contributed by atoms with Gasteiger partial charge in [-0.3, -0.25) is 0 Å². The lowest BCUT2D eigenvalue weighted by molar-refractivity contribution is 0.403. The Balaban J connectivity index is 1.77. The molecule has 4 heteroatoms. The SMILES string of the molecule is CC(CCc1ccc(O)cc1)CC(c1ccc(O)cc1)(c1ccc(O)cc1)c1ccc(O)cc1. The van der Waals surface area contributed by atoms with Gasteiger partial charge in [0.1, 0.15) is 23.0 Å². The van der Waals surface area contributed by atoms with Gasteiger partial charge in [0.25, 0.3) is 0 Å². The topological polar surface area (TPSA) is 80.9 Å². The minimum atomic E-state index is -0.552. The van der Waals surface area contributed by atoms with E-state index in [1.54, 1.807) is 48.5 Å². The smallest absolute Gasteiger partial charge is 0.115 e. The standard InChI is InChI=1S/C30H30O4/c1-21(2-3-22-4-12-26(31)13-5-22)20-30(23-6-14-27(32)15-7-23,24-8-16-28(33)17-9-24)25-10-18-29(34)19-11-25/h4-19,21,31-34H,2-3,20H2,1H3. The Morgan fingerprint density at radius 1 is 0.529 bits per heavy atom. The van der Waals surface area contributed by atoms with Crippen LogP contribution in [0.2, 0.25) is 0 Å².